The average Bonchev–Trinajstić information content (AvgIpc) is 3.01. The van der Waals surface area contributed by atoms with Crippen molar-refractivity contribution in [2.75, 3.05) is 20.8 Å². The van der Waals surface area contributed by atoms with Gasteiger partial charge < -0.3 is 14.6 Å². The van der Waals surface area contributed by atoms with Gasteiger partial charge in [0.1, 0.15) is 11.5 Å². The number of rotatable bonds is 5. The molecule has 1 N–H and O–H groups in total. The van der Waals surface area contributed by atoms with Crippen LogP contribution in [0.3, 0.4) is 0 Å². The molecule has 2 heterocycles. The average molecular weight is 334 g/mol. The number of benzene rings is 1. The van der Waals surface area contributed by atoms with Crippen molar-refractivity contribution in [3.05, 3.63) is 39.3 Å². The van der Waals surface area contributed by atoms with Crippen LogP contribution in [0.4, 0.5) is 0 Å². The van der Waals surface area contributed by atoms with Gasteiger partial charge in [0.15, 0.2) is 0 Å². The standard InChI is InChI=1S/C17H22N2O3S/c1-4-16-18-11(10-23-16)7-19-8-12-14(21-2)5-6-15(22-3)17(12)13(20)9-19/h5-6,10,13,20H,4,7-9H2,1-3H3/t13-/m1/s1. The summed E-state index contributed by atoms with van der Waals surface area (Å²) in [5.74, 6) is 1.51. The maximum absolute atomic E-state index is 10.6. The minimum absolute atomic E-state index is 0.565. The number of thiazole rings is 1. The van der Waals surface area contributed by atoms with Gasteiger partial charge in [-0.2, -0.15) is 0 Å². The van der Waals surface area contributed by atoms with Crippen molar-refractivity contribution in [3.63, 3.8) is 0 Å². The van der Waals surface area contributed by atoms with E-state index in [0.717, 1.165) is 46.3 Å². The van der Waals surface area contributed by atoms with Gasteiger partial charge in [-0.05, 0) is 18.6 Å². The monoisotopic (exact) mass is 334 g/mol. The molecule has 1 atom stereocenters. The van der Waals surface area contributed by atoms with Crippen LogP contribution in [0.5, 0.6) is 11.5 Å². The first-order valence-electron chi connectivity index (χ1n) is 7.73. The number of hydrogen-bond donors (Lipinski definition) is 1. The summed E-state index contributed by atoms with van der Waals surface area (Å²) in [5.41, 5.74) is 2.90. The Labute approximate surface area is 140 Å². The molecule has 0 saturated carbocycles. The largest absolute Gasteiger partial charge is 0.496 e. The Morgan fingerprint density at radius 3 is 2.70 bits per heavy atom. The van der Waals surface area contributed by atoms with Crippen molar-refractivity contribution in [3.8, 4) is 11.5 Å². The molecule has 0 saturated heterocycles. The topological polar surface area (TPSA) is 54.8 Å². The minimum atomic E-state index is -0.590. The highest BCUT2D eigenvalue weighted by atomic mass is 32.1. The van der Waals surface area contributed by atoms with Gasteiger partial charge >= 0.3 is 0 Å². The first kappa shape index (κ1) is 16.2. The Balaban J connectivity index is 1.87. The summed E-state index contributed by atoms with van der Waals surface area (Å²) in [5, 5.41) is 13.8. The molecule has 6 heteroatoms. The first-order chi connectivity index (χ1) is 11.2. The third-order valence-corrected chi connectivity index (χ3v) is 5.19. The van der Waals surface area contributed by atoms with E-state index in [1.807, 2.05) is 12.1 Å². The van der Waals surface area contributed by atoms with Gasteiger partial charge in [-0.3, -0.25) is 4.90 Å². The van der Waals surface area contributed by atoms with Crippen molar-refractivity contribution in [2.24, 2.45) is 0 Å². The van der Waals surface area contributed by atoms with Crippen LogP contribution in [0.2, 0.25) is 0 Å². The van der Waals surface area contributed by atoms with Crippen LogP contribution < -0.4 is 9.47 Å². The summed E-state index contributed by atoms with van der Waals surface area (Å²) in [4.78, 5) is 6.82. The Morgan fingerprint density at radius 1 is 1.30 bits per heavy atom. The lowest BCUT2D eigenvalue weighted by atomic mass is 9.95. The number of aryl methyl sites for hydroxylation is 1. The SMILES string of the molecule is CCc1nc(CN2Cc3c(OC)ccc(OC)c3[C@H](O)C2)cs1. The summed E-state index contributed by atoms with van der Waals surface area (Å²) in [7, 11) is 3.28. The third kappa shape index (κ3) is 3.20. The summed E-state index contributed by atoms with van der Waals surface area (Å²) in [6.07, 6.45) is 0.370. The van der Waals surface area contributed by atoms with Crippen LogP contribution in [0, 0.1) is 0 Å². The molecule has 1 aromatic carbocycles. The molecule has 0 spiro atoms. The Kier molecular flexibility index (Phi) is 4.84. The van der Waals surface area contributed by atoms with Crippen LogP contribution >= 0.6 is 11.3 Å². The minimum Gasteiger partial charge on any atom is -0.496 e. The van der Waals surface area contributed by atoms with Gasteiger partial charge in [0, 0.05) is 36.1 Å². The van der Waals surface area contributed by atoms with Crippen LogP contribution in [-0.4, -0.2) is 35.8 Å². The van der Waals surface area contributed by atoms with Gasteiger partial charge in [-0.25, -0.2) is 4.98 Å². The zero-order valence-electron chi connectivity index (χ0n) is 13.7. The fourth-order valence-corrected chi connectivity index (χ4v) is 3.81. The lowest BCUT2D eigenvalue weighted by molar-refractivity contribution is 0.0837. The fraction of sp³-hybridized carbons (Fsp3) is 0.471. The molecule has 1 aliphatic rings. The van der Waals surface area contributed by atoms with Crippen molar-refractivity contribution in [2.45, 2.75) is 32.5 Å². The molecule has 23 heavy (non-hydrogen) atoms. The number of aromatic nitrogens is 1. The molecule has 2 aromatic rings. The fourth-order valence-electron chi connectivity index (χ4n) is 3.08. The maximum atomic E-state index is 10.6. The van der Waals surface area contributed by atoms with E-state index in [2.05, 4.69) is 22.2 Å². The lowest BCUT2D eigenvalue weighted by Gasteiger charge is -2.33. The second-order valence-electron chi connectivity index (χ2n) is 5.63. The Morgan fingerprint density at radius 2 is 2.04 bits per heavy atom. The van der Waals surface area contributed by atoms with Crippen LogP contribution in [0.15, 0.2) is 17.5 Å². The number of aliphatic hydroxyl groups excluding tert-OH is 1. The van der Waals surface area contributed by atoms with Crippen molar-refractivity contribution < 1.29 is 14.6 Å². The second-order valence-corrected chi connectivity index (χ2v) is 6.58. The molecule has 124 valence electrons. The summed E-state index contributed by atoms with van der Waals surface area (Å²) < 4.78 is 10.9. The number of fused-ring (bicyclic) bond motifs is 1. The van der Waals surface area contributed by atoms with Crippen LogP contribution in [0.1, 0.15) is 34.9 Å². The van der Waals surface area contributed by atoms with Gasteiger partial charge in [0.25, 0.3) is 0 Å². The van der Waals surface area contributed by atoms with Crippen molar-refractivity contribution in [1.82, 2.24) is 9.88 Å². The summed E-state index contributed by atoms with van der Waals surface area (Å²) in [6, 6.07) is 3.75. The number of aliphatic hydroxyl groups is 1. The highest BCUT2D eigenvalue weighted by molar-refractivity contribution is 7.09. The predicted octanol–water partition coefficient (Wildman–Crippen LogP) is 2.77. The molecule has 0 aliphatic carbocycles. The number of methoxy groups -OCH3 is 2. The van der Waals surface area contributed by atoms with E-state index in [1.54, 1.807) is 25.6 Å². The molecule has 1 aromatic heterocycles. The van der Waals surface area contributed by atoms with Crippen molar-refractivity contribution >= 4 is 11.3 Å². The normalized spacial score (nSPS) is 17.8. The molecule has 0 radical (unpaired) electrons. The smallest absolute Gasteiger partial charge is 0.125 e. The van der Waals surface area contributed by atoms with E-state index in [9.17, 15) is 5.11 Å². The van der Waals surface area contributed by atoms with E-state index in [1.165, 1.54) is 0 Å². The van der Waals surface area contributed by atoms with Gasteiger partial charge in [0.2, 0.25) is 0 Å². The molecule has 0 unspecified atom stereocenters. The molecule has 1 aliphatic heterocycles. The molecule has 0 amide bonds. The molecular formula is C17H22N2O3S. The van der Waals surface area contributed by atoms with Gasteiger partial charge in [-0.15, -0.1) is 11.3 Å². The van der Waals surface area contributed by atoms with E-state index < -0.39 is 6.10 Å². The summed E-state index contributed by atoms with van der Waals surface area (Å²) in [6.45, 7) is 4.12. The number of nitrogens with zero attached hydrogens (tertiary/aromatic N) is 2. The number of hydrogen-bond acceptors (Lipinski definition) is 6. The van der Waals surface area contributed by atoms with E-state index in [4.69, 9.17) is 9.47 Å². The lowest BCUT2D eigenvalue weighted by Crippen LogP contribution is -2.33. The first-order valence-corrected chi connectivity index (χ1v) is 8.61. The number of ether oxygens (including phenoxy) is 2. The zero-order valence-corrected chi connectivity index (χ0v) is 14.5. The van der Waals surface area contributed by atoms with Crippen LogP contribution in [0.25, 0.3) is 0 Å². The van der Waals surface area contributed by atoms with Gasteiger partial charge in [0.05, 0.1) is 31.0 Å². The molecule has 5 nitrogen and oxygen atoms in total. The Bertz CT molecular complexity index is 686. The highest BCUT2D eigenvalue weighted by Gasteiger charge is 2.29. The second kappa shape index (κ2) is 6.86. The Hall–Kier alpha value is -1.63. The van der Waals surface area contributed by atoms with E-state index in [0.29, 0.717) is 13.1 Å². The molecular weight excluding hydrogens is 312 g/mol. The number of β-amino-alcohol motifs (C(OH)–C–C–N with tert-alkyl or cyclic N) is 1. The van der Waals surface area contributed by atoms with Crippen molar-refractivity contribution in [1.29, 1.82) is 0 Å². The third-order valence-electron chi connectivity index (χ3n) is 4.15. The van der Waals surface area contributed by atoms with Gasteiger partial charge in [-0.1, -0.05) is 6.92 Å². The quantitative estimate of drug-likeness (QED) is 0.911. The van der Waals surface area contributed by atoms with E-state index >= 15 is 0 Å². The summed E-state index contributed by atoms with van der Waals surface area (Å²) >= 11 is 1.69. The van der Waals surface area contributed by atoms with Crippen LogP contribution in [-0.2, 0) is 19.5 Å². The molecule has 0 bridgehead atoms. The maximum Gasteiger partial charge on any atom is 0.125 e. The molecule has 3 rings (SSSR count). The zero-order chi connectivity index (χ0) is 16.4. The molecule has 0 fully saturated rings. The highest BCUT2D eigenvalue weighted by Crippen LogP contribution is 2.39. The van der Waals surface area contributed by atoms with E-state index in [-0.39, 0.29) is 0 Å². The predicted molar refractivity (Wildman–Crippen MR) is 90.1 cm³/mol.